The van der Waals surface area contributed by atoms with E-state index in [4.69, 9.17) is 4.74 Å². The van der Waals surface area contributed by atoms with Crippen LogP contribution in [-0.2, 0) is 19.6 Å². The number of ether oxygens (including phenoxy) is 1. The first-order chi connectivity index (χ1) is 13.8. The van der Waals surface area contributed by atoms with E-state index in [0.29, 0.717) is 30.8 Å². The molecule has 0 unspecified atom stereocenters. The maximum atomic E-state index is 13.4. The van der Waals surface area contributed by atoms with Gasteiger partial charge < -0.3 is 15.0 Å². The van der Waals surface area contributed by atoms with E-state index in [1.807, 2.05) is 0 Å². The Morgan fingerprint density at radius 2 is 1.83 bits per heavy atom. The number of H-pyrrole nitrogens is 1. The number of esters is 1. The molecular weight excluding hydrogens is 394 g/mol. The molecule has 2 N–H and O–H groups in total. The Balaban J connectivity index is 1.82. The molecular formula is C20H31N3O5S. The molecule has 3 rings (SSSR count). The number of aromatic nitrogens is 1. The fourth-order valence-electron chi connectivity index (χ4n) is 4.42. The molecule has 29 heavy (non-hydrogen) atoms. The summed E-state index contributed by atoms with van der Waals surface area (Å²) < 4.78 is 33.3. The minimum absolute atomic E-state index is 0.0368. The van der Waals surface area contributed by atoms with Crippen LogP contribution in [0.1, 0.15) is 67.2 Å². The molecule has 0 radical (unpaired) electrons. The van der Waals surface area contributed by atoms with Crippen molar-refractivity contribution in [2.24, 2.45) is 5.92 Å². The van der Waals surface area contributed by atoms with E-state index in [1.54, 1.807) is 20.8 Å². The summed E-state index contributed by atoms with van der Waals surface area (Å²) in [5, 5.41) is 3.08. The highest BCUT2D eigenvalue weighted by Crippen LogP contribution is 2.31. The van der Waals surface area contributed by atoms with E-state index in [-0.39, 0.29) is 41.5 Å². The van der Waals surface area contributed by atoms with Crippen molar-refractivity contribution in [3.8, 4) is 0 Å². The third kappa shape index (κ3) is 4.50. The highest BCUT2D eigenvalue weighted by Gasteiger charge is 2.38. The van der Waals surface area contributed by atoms with Gasteiger partial charge in [0, 0.05) is 30.5 Å². The third-order valence-electron chi connectivity index (χ3n) is 5.85. The highest BCUT2D eigenvalue weighted by atomic mass is 32.2. The number of hydrogen-bond donors (Lipinski definition) is 2. The van der Waals surface area contributed by atoms with Crippen LogP contribution >= 0.6 is 0 Å². The summed E-state index contributed by atoms with van der Waals surface area (Å²) in [6.45, 7) is 5.60. The second-order valence-corrected chi connectivity index (χ2v) is 9.87. The second-order valence-electron chi connectivity index (χ2n) is 7.99. The smallest absolute Gasteiger partial charge is 0.341 e. The normalized spacial score (nSPS) is 21.3. The van der Waals surface area contributed by atoms with Gasteiger partial charge in [0.15, 0.2) is 0 Å². The predicted octanol–water partition coefficient (Wildman–Crippen LogP) is 2.27. The second kappa shape index (κ2) is 8.87. The van der Waals surface area contributed by atoms with E-state index < -0.39 is 16.0 Å². The molecule has 1 aromatic heterocycles. The van der Waals surface area contributed by atoms with E-state index >= 15 is 0 Å². The lowest BCUT2D eigenvalue weighted by molar-refractivity contribution is -0.126. The monoisotopic (exact) mass is 425 g/mol. The van der Waals surface area contributed by atoms with Crippen molar-refractivity contribution in [3.63, 3.8) is 0 Å². The number of amides is 1. The van der Waals surface area contributed by atoms with Crippen LogP contribution in [0.4, 0.5) is 0 Å². The summed E-state index contributed by atoms with van der Waals surface area (Å²) >= 11 is 0. The molecule has 1 saturated carbocycles. The van der Waals surface area contributed by atoms with Gasteiger partial charge in [0.2, 0.25) is 15.9 Å². The van der Waals surface area contributed by atoms with Crippen molar-refractivity contribution in [2.75, 3.05) is 19.7 Å². The van der Waals surface area contributed by atoms with Crippen LogP contribution in [0.25, 0.3) is 0 Å². The molecule has 0 aromatic carbocycles. The summed E-state index contributed by atoms with van der Waals surface area (Å²) in [5.74, 6) is -1.09. The fourth-order valence-corrected chi connectivity index (χ4v) is 6.36. The Morgan fingerprint density at radius 3 is 2.48 bits per heavy atom. The molecule has 0 bridgehead atoms. The van der Waals surface area contributed by atoms with Crippen molar-refractivity contribution in [1.82, 2.24) is 14.6 Å². The molecule has 1 aromatic rings. The first-order valence-electron chi connectivity index (χ1n) is 10.4. The first kappa shape index (κ1) is 21.8. The van der Waals surface area contributed by atoms with Gasteiger partial charge in [-0.1, -0.05) is 12.8 Å². The summed E-state index contributed by atoms with van der Waals surface area (Å²) in [7, 11) is -3.94. The van der Waals surface area contributed by atoms with Crippen LogP contribution in [0.2, 0.25) is 0 Å². The number of piperidine rings is 1. The lowest BCUT2D eigenvalue weighted by Crippen LogP contribution is -2.47. The number of carbonyl (C=O) groups excluding carboxylic acids is 2. The van der Waals surface area contributed by atoms with Gasteiger partial charge in [-0.2, -0.15) is 4.31 Å². The van der Waals surface area contributed by atoms with Gasteiger partial charge in [0.05, 0.1) is 12.5 Å². The Bertz CT molecular complexity index is 871. The number of hydrogen-bond acceptors (Lipinski definition) is 5. The lowest BCUT2D eigenvalue weighted by Gasteiger charge is -2.32. The zero-order valence-corrected chi connectivity index (χ0v) is 18.2. The van der Waals surface area contributed by atoms with E-state index in [9.17, 15) is 18.0 Å². The van der Waals surface area contributed by atoms with Crippen LogP contribution < -0.4 is 5.32 Å². The molecule has 8 nitrogen and oxygen atoms in total. The quantitative estimate of drug-likeness (QED) is 0.680. The molecule has 0 spiro atoms. The maximum Gasteiger partial charge on any atom is 0.341 e. The van der Waals surface area contributed by atoms with Crippen molar-refractivity contribution in [3.05, 3.63) is 17.0 Å². The summed E-state index contributed by atoms with van der Waals surface area (Å²) in [4.78, 5) is 28.0. The van der Waals surface area contributed by atoms with Crippen LogP contribution in [0.5, 0.6) is 0 Å². The predicted molar refractivity (Wildman–Crippen MR) is 108 cm³/mol. The zero-order valence-electron chi connectivity index (χ0n) is 17.4. The number of nitrogens with one attached hydrogen (secondary N) is 2. The van der Waals surface area contributed by atoms with Crippen LogP contribution in [-0.4, -0.2) is 55.3 Å². The minimum atomic E-state index is -3.94. The molecule has 1 saturated heterocycles. The van der Waals surface area contributed by atoms with Crippen molar-refractivity contribution in [2.45, 2.75) is 70.2 Å². The average Bonchev–Trinajstić information content (AvgIpc) is 3.29. The number of nitrogens with zero attached hydrogens (tertiary/aromatic N) is 1. The summed E-state index contributed by atoms with van der Waals surface area (Å²) in [5.41, 5.74) is 0.928. The van der Waals surface area contributed by atoms with Gasteiger partial charge in [-0.15, -0.1) is 0 Å². The summed E-state index contributed by atoms with van der Waals surface area (Å²) in [6, 6.07) is 0.208. The third-order valence-corrected chi connectivity index (χ3v) is 7.89. The minimum Gasteiger partial charge on any atom is -0.462 e. The maximum absolute atomic E-state index is 13.4. The largest absolute Gasteiger partial charge is 0.462 e. The first-order valence-corrected chi connectivity index (χ1v) is 11.9. The van der Waals surface area contributed by atoms with E-state index in [2.05, 4.69) is 10.3 Å². The topological polar surface area (TPSA) is 109 Å². The number of carbonyl (C=O) groups is 2. The van der Waals surface area contributed by atoms with Gasteiger partial charge in [-0.05, 0) is 46.5 Å². The van der Waals surface area contributed by atoms with Crippen molar-refractivity contribution in [1.29, 1.82) is 0 Å². The lowest BCUT2D eigenvalue weighted by atomic mass is 9.98. The number of aryl methyl sites for hydroxylation is 2. The molecule has 2 fully saturated rings. The Kier molecular flexibility index (Phi) is 6.68. The molecule has 1 atom stereocenters. The number of rotatable bonds is 6. The van der Waals surface area contributed by atoms with Crippen molar-refractivity contribution < 1.29 is 22.7 Å². The van der Waals surface area contributed by atoms with Gasteiger partial charge >= 0.3 is 5.97 Å². The van der Waals surface area contributed by atoms with Gasteiger partial charge in [0.1, 0.15) is 10.5 Å². The molecule has 1 aliphatic carbocycles. The Morgan fingerprint density at radius 1 is 1.14 bits per heavy atom. The van der Waals surface area contributed by atoms with Gasteiger partial charge in [-0.3, -0.25) is 4.79 Å². The van der Waals surface area contributed by atoms with Crippen LogP contribution in [0.15, 0.2) is 4.90 Å². The molecule has 2 heterocycles. The molecule has 1 amide bonds. The number of aromatic amines is 1. The number of sulfonamides is 1. The molecule has 162 valence electrons. The fraction of sp³-hybridized carbons (Fsp3) is 0.700. The van der Waals surface area contributed by atoms with Crippen LogP contribution in [0.3, 0.4) is 0 Å². The standard InChI is InChI=1S/C20H31N3O5S/c1-4-28-20(25)17-13(2)21-14(3)18(17)29(26,27)23-11-7-8-15(12-23)19(24)22-16-9-5-6-10-16/h15-16,21H,4-12H2,1-3H3,(H,22,24)/t15-/m0/s1. The molecule has 2 aliphatic rings. The zero-order chi connectivity index (χ0) is 21.2. The Labute approximate surface area is 172 Å². The summed E-state index contributed by atoms with van der Waals surface area (Å²) in [6.07, 6.45) is 5.51. The van der Waals surface area contributed by atoms with Crippen LogP contribution in [0, 0.1) is 19.8 Å². The average molecular weight is 426 g/mol. The van der Waals surface area contributed by atoms with E-state index in [0.717, 1.165) is 25.7 Å². The highest BCUT2D eigenvalue weighted by molar-refractivity contribution is 7.89. The molecule has 9 heteroatoms. The van der Waals surface area contributed by atoms with Gasteiger partial charge in [-0.25, -0.2) is 13.2 Å². The molecule has 1 aliphatic heterocycles. The van der Waals surface area contributed by atoms with Gasteiger partial charge in [0.25, 0.3) is 0 Å². The van der Waals surface area contributed by atoms with Crippen molar-refractivity contribution >= 4 is 21.9 Å². The Hall–Kier alpha value is -1.87. The van der Waals surface area contributed by atoms with E-state index in [1.165, 1.54) is 4.31 Å². The SMILES string of the molecule is CCOC(=O)c1c(C)[nH]c(C)c1S(=O)(=O)N1CCC[C@H](C(=O)NC2CCCC2)C1.